The second-order valence-corrected chi connectivity index (χ2v) is 8.12. The Morgan fingerprint density at radius 2 is 2.00 bits per heavy atom. The Morgan fingerprint density at radius 3 is 2.61 bits per heavy atom. The van der Waals surface area contributed by atoms with Gasteiger partial charge in [-0.25, -0.2) is 0 Å². The van der Waals surface area contributed by atoms with Gasteiger partial charge in [-0.3, -0.25) is 14.2 Å². The maximum absolute atomic E-state index is 13.1. The van der Waals surface area contributed by atoms with E-state index in [1.165, 1.54) is 4.52 Å². The van der Waals surface area contributed by atoms with E-state index in [2.05, 4.69) is 15.7 Å². The molecule has 0 bridgehead atoms. The molecule has 3 N–H and O–H groups in total. The van der Waals surface area contributed by atoms with Crippen LogP contribution in [0.5, 0.6) is 5.88 Å². The quantitative estimate of drug-likeness (QED) is 0.697. The molecule has 0 unspecified atom stereocenters. The summed E-state index contributed by atoms with van der Waals surface area (Å²) in [6.07, 6.45) is 3.76. The lowest BCUT2D eigenvalue weighted by Crippen LogP contribution is -2.36. The van der Waals surface area contributed by atoms with Gasteiger partial charge in [-0.1, -0.05) is 13.8 Å². The summed E-state index contributed by atoms with van der Waals surface area (Å²) in [5.41, 5.74) is 0.741. The van der Waals surface area contributed by atoms with E-state index in [4.69, 9.17) is 0 Å². The summed E-state index contributed by atoms with van der Waals surface area (Å²) in [6, 6.07) is 2.00. The fourth-order valence-electron chi connectivity index (χ4n) is 3.72. The van der Waals surface area contributed by atoms with Crippen molar-refractivity contribution in [3.8, 4) is 5.88 Å². The van der Waals surface area contributed by atoms with E-state index < -0.39 is 11.5 Å². The van der Waals surface area contributed by atoms with Crippen molar-refractivity contribution >= 4 is 24.0 Å². The highest BCUT2D eigenvalue weighted by Crippen LogP contribution is 2.27. The Balaban J connectivity index is 0.00000225. The fraction of sp³-hybridized carbons (Fsp3) is 0.632. The molecule has 0 spiro atoms. The summed E-state index contributed by atoms with van der Waals surface area (Å²) in [5, 5.41) is 21.4. The van der Waals surface area contributed by atoms with Gasteiger partial charge in [0.1, 0.15) is 5.65 Å². The molecule has 8 nitrogen and oxygen atoms in total. The van der Waals surface area contributed by atoms with E-state index in [1.54, 1.807) is 4.57 Å². The number of aromatic hydroxyl groups is 1. The topological polar surface area (TPSA) is 101 Å². The number of nitrogens with zero attached hydrogens (tertiary/aromatic N) is 3. The number of halogens is 1. The lowest BCUT2D eigenvalue weighted by molar-refractivity contribution is 0.0944. The van der Waals surface area contributed by atoms with Crippen LogP contribution in [0, 0.1) is 5.92 Å². The molecule has 28 heavy (non-hydrogen) atoms. The number of hydrogen-bond acceptors (Lipinski definition) is 5. The average Bonchev–Trinajstić information content (AvgIpc) is 3.33. The monoisotopic (exact) mass is 409 g/mol. The molecule has 1 aliphatic heterocycles. The maximum Gasteiger partial charge on any atom is 0.270 e. The van der Waals surface area contributed by atoms with Crippen molar-refractivity contribution in [2.75, 3.05) is 13.1 Å². The zero-order valence-electron chi connectivity index (χ0n) is 16.3. The van der Waals surface area contributed by atoms with Gasteiger partial charge in [-0.2, -0.15) is 9.61 Å². The van der Waals surface area contributed by atoms with E-state index in [-0.39, 0.29) is 41.7 Å². The van der Waals surface area contributed by atoms with Gasteiger partial charge in [0.15, 0.2) is 5.56 Å². The molecular formula is C19H28ClN5O3. The zero-order chi connectivity index (χ0) is 19.1. The van der Waals surface area contributed by atoms with Crippen molar-refractivity contribution in [3.63, 3.8) is 0 Å². The maximum atomic E-state index is 13.1. The number of fused-ring (bicyclic) bond motifs is 1. The molecule has 154 valence electrons. The lowest BCUT2D eigenvalue weighted by Gasteiger charge is -2.20. The summed E-state index contributed by atoms with van der Waals surface area (Å²) in [6.45, 7) is 6.36. The number of carbonyl (C=O) groups is 1. The molecule has 1 saturated heterocycles. The van der Waals surface area contributed by atoms with Crippen molar-refractivity contribution in [1.29, 1.82) is 0 Å². The number of piperidine rings is 1. The second-order valence-electron chi connectivity index (χ2n) is 8.12. The normalized spacial score (nSPS) is 17.7. The molecule has 2 aromatic rings. The minimum atomic E-state index is -0.515. The van der Waals surface area contributed by atoms with Crippen LogP contribution in [0.2, 0.25) is 0 Å². The summed E-state index contributed by atoms with van der Waals surface area (Å²) in [5.74, 6) is -0.379. The van der Waals surface area contributed by atoms with Crippen molar-refractivity contribution in [3.05, 3.63) is 27.7 Å². The smallest absolute Gasteiger partial charge is 0.270 e. The van der Waals surface area contributed by atoms with Gasteiger partial charge in [0.25, 0.3) is 11.5 Å². The van der Waals surface area contributed by atoms with E-state index in [0.29, 0.717) is 12.2 Å². The molecule has 0 aromatic carbocycles. The standard InChI is InChI=1S/C19H27N5O3.ClH/c1-11(2)10-23-15-9-14(12-5-7-20-8-6-12)22-24(15)19(27)16(18(23)26)17(25)21-13-3-4-13;/h9,11-13,20,27H,3-8,10H2,1-2H3,(H,21,25);1H. The van der Waals surface area contributed by atoms with Crippen LogP contribution in [0.4, 0.5) is 0 Å². The van der Waals surface area contributed by atoms with Crippen LogP contribution in [0.25, 0.3) is 5.65 Å². The van der Waals surface area contributed by atoms with Crippen LogP contribution >= 0.6 is 12.4 Å². The third-order valence-electron chi connectivity index (χ3n) is 5.31. The Bertz CT molecular complexity index is 926. The molecule has 1 aliphatic carbocycles. The van der Waals surface area contributed by atoms with Crippen LogP contribution in [0.1, 0.15) is 61.5 Å². The largest absolute Gasteiger partial charge is 0.492 e. The summed E-state index contributed by atoms with van der Waals surface area (Å²) in [7, 11) is 0. The van der Waals surface area contributed by atoms with E-state index >= 15 is 0 Å². The van der Waals surface area contributed by atoms with E-state index in [1.807, 2.05) is 19.9 Å². The molecular weight excluding hydrogens is 382 g/mol. The molecule has 1 saturated carbocycles. The summed E-state index contributed by atoms with van der Waals surface area (Å²) >= 11 is 0. The predicted octanol–water partition coefficient (Wildman–Crippen LogP) is 1.64. The highest BCUT2D eigenvalue weighted by molar-refractivity contribution is 5.96. The highest BCUT2D eigenvalue weighted by atomic mass is 35.5. The SMILES string of the molecule is CC(C)Cn1c(=O)c(C(=O)NC2CC2)c(O)n2nc(C3CCNCC3)cc12.Cl. The Kier molecular flexibility index (Phi) is 6.00. The Hall–Kier alpha value is -2.06. The number of carbonyl (C=O) groups excluding carboxylic acids is 1. The number of nitrogens with one attached hydrogen (secondary N) is 2. The van der Waals surface area contributed by atoms with Crippen LogP contribution < -0.4 is 16.2 Å². The van der Waals surface area contributed by atoms with E-state index in [9.17, 15) is 14.7 Å². The molecule has 0 atom stereocenters. The predicted molar refractivity (Wildman–Crippen MR) is 109 cm³/mol. The number of amides is 1. The van der Waals surface area contributed by atoms with Crippen molar-refractivity contribution in [1.82, 2.24) is 24.8 Å². The van der Waals surface area contributed by atoms with Gasteiger partial charge in [0.05, 0.1) is 5.69 Å². The highest BCUT2D eigenvalue weighted by Gasteiger charge is 2.30. The molecule has 4 rings (SSSR count). The van der Waals surface area contributed by atoms with Gasteiger partial charge in [-0.15, -0.1) is 12.4 Å². The first-order valence-corrected chi connectivity index (χ1v) is 9.82. The molecule has 2 fully saturated rings. The third kappa shape index (κ3) is 3.89. The van der Waals surface area contributed by atoms with Gasteiger partial charge in [-0.05, 0) is 44.7 Å². The van der Waals surface area contributed by atoms with Crippen LogP contribution in [0.15, 0.2) is 10.9 Å². The Labute approximate surface area is 169 Å². The first-order valence-electron chi connectivity index (χ1n) is 9.82. The van der Waals surface area contributed by atoms with Crippen LogP contribution in [0.3, 0.4) is 0 Å². The fourth-order valence-corrected chi connectivity index (χ4v) is 3.72. The average molecular weight is 410 g/mol. The molecule has 2 aliphatic rings. The van der Waals surface area contributed by atoms with Crippen molar-refractivity contribution in [2.45, 2.75) is 58.0 Å². The number of aromatic nitrogens is 3. The zero-order valence-corrected chi connectivity index (χ0v) is 17.1. The molecule has 0 radical (unpaired) electrons. The second kappa shape index (κ2) is 8.13. The summed E-state index contributed by atoms with van der Waals surface area (Å²) < 4.78 is 2.94. The molecule has 3 heterocycles. The number of rotatable bonds is 5. The molecule has 2 aromatic heterocycles. The van der Waals surface area contributed by atoms with Gasteiger partial charge in [0, 0.05) is 24.6 Å². The van der Waals surface area contributed by atoms with Gasteiger partial charge < -0.3 is 15.7 Å². The molecule has 9 heteroatoms. The molecule has 1 amide bonds. The van der Waals surface area contributed by atoms with Crippen LogP contribution in [-0.4, -0.2) is 44.3 Å². The van der Waals surface area contributed by atoms with E-state index in [0.717, 1.165) is 44.5 Å². The first kappa shape index (κ1) is 20.7. The van der Waals surface area contributed by atoms with Gasteiger partial charge in [0.2, 0.25) is 5.88 Å². The lowest BCUT2D eigenvalue weighted by atomic mass is 9.95. The minimum Gasteiger partial charge on any atom is -0.492 e. The number of hydrogen-bond donors (Lipinski definition) is 3. The summed E-state index contributed by atoms with van der Waals surface area (Å²) in [4.78, 5) is 25.7. The van der Waals surface area contributed by atoms with Gasteiger partial charge >= 0.3 is 0 Å². The van der Waals surface area contributed by atoms with Crippen LogP contribution in [-0.2, 0) is 6.54 Å². The van der Waals surface area contributed by atoms with Crippen molar-refractivity contribution in [2.24, 2.45) is 5.92 Å². The Morgan fingerprint density at radius 1 is 1.32 bits per heavy atom. The minimum absolute atomic E-state index is 0. The van der Waals surface area contributed by atoms with Crippen molar-refractivity contribution < 1.29 is 9.90 Å². The third-order valence-corrected chi connectivity index (χ3v) is 5.31. The first-order chi connectivity index (χ1) is 13.0.